The van der Waals surface area contributed by atoms with Gasteiger partial charge in [0.2, 0.25) is 0 Å². The standard InChI is InChI=1S/C14H12N2O3S2/c17-9-13-14(11-5-1-2-6-12(11)20-13)21(18,19)16-10-4-3-7-15-8-10/h1-8,16-17H,9H2. The minimum atomic E-state index is -3.78. The molecule has 0 saturated carbocycles. The molecule has 5 nitrogen and oxygen atoms in total. The topological polar surface area (TPSA) is 79.3 Å². The second-order valence-corrected chi connectivity index (χ2v) is 7.11. The van der Waals surface area contributed by atoms with Crippen LogP contribution in [0.25, 0.3) is 10.1 Å². The van der Waals surface area contributed by atoms with E-state index in [1.54, 1.807) is 30.5 Å². The lowest BCUT2D eigenvalue weighted by molar-refractivity contribution is 0.283. The fourth-order valence-corrected chi connectivity index (χ4v) is 4.94. The van der Waals surface area contributed by atoms with Gasteiger partial charge in [-0.05, 0) is 18.2 Å². The summed E-state index contributed by atoms with van der Waals surface area (Å²) in [5.41, 5.74) is 0.386. The molecule has 0 radical (unpaired) electrons. The van der Waals surface area contributed by atoms with Crippen LogP contribution in [0.1, 0.15) is 4.88 Å². The van der Waals surface area contributed by atoms with Crippen LogP contribution in [0.3, 0.4) is 0 Å². The van der Waals surface area contributed by atoms with Gasteiger partial charge in [-0.25, -0.2) is 8.42 Å². The van der Waals surface area contributed by atoms with Crippen molar-refractivity contribution in [1.82, 2.24) is 4.98 Å². The number of hydrogen-bond donors (Lipinski definition) is 2. The molecule has 0 amide bonds. The summed E-state index contributed by atoms with van der Waals surface area (Å²) in [4.78, 5) is 4.44. The highest BCUT2D eigenvalue weighted by atomic mass is 32.2. The van der Waals surface area contributed by atoms with E-state index >= 15 is 0 Å². The van der Waals surface area contributed by atoms with Crippen LogP contribution < -0.4 is 4.72 Å². The molecule has 7 heteroatoms. The highest BCUT2D eigenvalue weighted by Gasteiger charge is 2.24. The smallest absolute Gasteiger partial charge is 0.263 e. The van der Waals surface area contributed by atoms with Gasteiger partial charge in [0, 0.05) is 16.3 Å². The minimum absolute atomic E-state index is 0.134. The van der Waals surface area contributed by atoms with E-state index in [1.165, 1.54) is 17.5 Å². The first kappa shape index (κ1) is 14.0. The van der Waals surface area contributed by atoms with Crippen LogP contribution in [0.2, 0.25) is 0 Å². The number of anilines is 1. The van der Waals surface area contributed by atoms with Crippen LogP contribution in [-0.2, 0) is 16.6 Å². The molecular formula is C14H12N2O3S2. The maximum atomic E-state index is 12.6. The lowest BCUT2D eigenvalue weighted by Gasteiger charge is -2.08. The molecule has 0 aliphatic rings. The van der Waals surface area contributed by atoms with Crippen LogP contribution in [0.4, 0.5) is 5.69 Å². The van der Waals surface area contributed by atoms with Crippen molar-refractivity contribution in [3.63, 3.8) is 0 Å². The van der Waals surface area contributed by atoms with Gasteiger partial charge in [0.1, 0.15) is 4.90 Å². The number of nitrogens with one attached hydrogen (secondary N) is 1. The predicted molar refractivity (Wildman–Crippen MR) is 82.8 cm³/mol. The number of fused-ring (bicyclic) bond motifs is 1. The normalized spacial score (nSPS) is 11.7. The maximum absolute atomic E-state index is 12.6. The maximum Gasteiger partial charge on any atom is 0.263 e. The number of aliphatic hydroxyl groups is 1. The van der Waals surface area contributed by atoms with E-state index in [1.807, 2.05) is 12.1 Å². The van der Waals surface area contributed by atoms with Crippen molar-refractivity contribution in [3.8, 4) is 0 Å². The summed E-state index contributed by atoms with van der Waals surface area (Å²) in [5, 5.41) is 10.1. The molecule has 2 N–H and O–H groups in total. The number of aliphatic hydroxyl groups excluding tert-OH is 1. The Labute approximate surface area is 125 Å². The molecule has 0 atom stereocenters. The Kier molecular flexibility index (Phi) is 3.62. The SMILES string of the molecule is O=S(=O)(Nc1cccnc1)c1c(CO)sc2ccccc12. The Morgan fingerprint density at radius 2 is 2.00 bits per heavy atom. The quantitative estimate of drug-likeness (QED) is 0.774. The molecule has 0 spiro atoms. The molecule has 0 fully saturated rings. The fraction of sp³-hybridized carbons (Fsp3) is 0.0714. The zero-order chi connectivity index (χ0) is 14.9. The Hall–Kier alpha value is -1.96. The molecule has 0 aliphatic heterocycles. The van der Waals surface area contributed by atoms with Crippen molar-refractivity contribution < 1.29 is 13.5 Å². The van der Waals surface area contributed by atoms with Crippen molar-refractivity contribution >= 4 is 37.1 Å². The van der Waals surface area contributed by atoms with E-state index in [0.29, 0.717) is 16.0 Å². The summed E-state index contributed by atoms with van der Waals surface area (Å²) in [6.45, 7) is -0.317. The van der Waals surface area contributed by atoms with Gasteiger partial charge in [-0.15, -0.1) is 11.3 Å². The number of sulfonamides is 1. The summed E-state index contributed by atoms with van der Waals surface area (Å²) >= 11 is 1.28. The molecule has 108 valence electrons. The van der Waals surface area contributed by atoms with E-state index < -0.39 is 10.0 Å². The molecule has 2 aromatic heterocycles. The van der Waals surface area contributed by atoms with Crippen LogP contribution in [0, 0.1) is 0 Å². The molecule has 0 bridgehead atoms. The van der Waals surface area contributed by atoms with Gasteiger partial charge in [-0.3, -0.25) is 9.71 Å². The molecule has 21 heavy (non-hydrogen) atoms. The van der Waals surface area contributed by atoms with Crippen LogP contribution in [0.5, 0.6) is 0 Å². The predicted octanol–water partition coefficient (Wildman–Crippen LogP) is 2.59. The first-order valence-corrected chi connectivity index (χ1v) is 8.46. The highest BCUT2D eigenvalue weighted by Crippen LogP contribution is 2.35. The third-order valence-electron chi connectivity index (χ3n) is 2.94. The summed E-state index contributed by atoms with van der Waals surface area (Å²) in [6.07, 6.45) is 3.00. The van der Waals surface area contributed by atoms with Crippen molar-refractivity contribution in [1.29, 1.82) is 0 Å². The van der Waals surface area contributed by atoms with Crippen molar-refractivity contribution in [2.75, 3.05) is 4.72 Å². The molecule has 1 aromatic carbocycles. The molecule has 0 saturated heterocycles. The van der Waals surface area contributed by atoms with E-state index in [0.717, 1.165) is 4.70 Å². The molecule has 3 rings (SSSR count). The van der Waals surface area contributed by atoms with E-state index in [4.69, 9.17) is 0 Å². The fourth-order valence-electron chi connectivity index (χ4n) is 2.10. The minimum Gasteiger partial charge on any atom is -0.391 e. The number of aromatic nitrogens is 1. The van der Waals surface area contributed by atoms with Gasteiger partial charge in [0.15, 0.2) is 0 Å². The van der Waals surface area contributed by atoms with Crippen LogP contribution >= 0.6 is 11.3 Å². The van der Waals surface area contributed by atoms with Crippen LogP contribution in [0.15, 0.2) is 53.7 Å². The van der Waals surface area contributed by atoms with Gasteiger partial charge in [-0.2, -0.15) is 0 Å². The number of thiophene rings is 1. The third-order valence-corrected chi connectivity index (χ3v) is 5.74. The van der Waals surface area contributed by atoms with Gasteiger partial charge in [-0.1, -0.05) is 18.2 Å². The summed E-state index contributed by atoms with van der Waals surface area (Å²) in [6, 6.07) is 10.5. The van der Waals surface area contributed by atoms with Gasteiger partial charge >= 0.3 is 0 Å². The lowest BCUT2D eigenvalue weighted by atomic mass is 10.2. The Balaban J connectivity index is 2.14. The summed E-state index contributed by atoms with van der Waals surface area (Å²) < 4.78 is 28.5. The number of nitrogens with zero attached hydrogens (tertiary/aromatic N) is 1. The number of benzene rings is 1. The van der Waals surface area contributed by atoms with Crippen LogP contribution in [-0.4, -0.2) is 18.5 Å². The van der Waals surface area contributed by atoms with Crippen molar-refractivity contribution in [3.05, 3.63) is 53.7 Å². The van der Waals surface area contributed by atoms with Gasteiger partial charge in [0.05, 0.1) is 23.4 Å². The zero-order valence-corrected chi connectivity index (χ0v) is 12.5. The van der Waals surface area contributed by atoms with Crippen molar-refractivity contribution in [2.24, 2.45) is 0 Å². The molecule has 2 heterocycles. The molecule has 0 unspecified atom stereocenters. The average molecular weight is 320 g/mol. The lowest BCUT2D eigenvalue weighted by Crippen LogP contribution is -2.14. The Morgan fingerprint density at radius 3 is 2.71 bits per heavy atom. The van der Waals surface area contributed by atoms with Gasteiger partial charge in [0.25, 0.3) is 10.0 Å². The van der Waals surface area contributed by atoms with Gasteiger partial charge < -0.3 is 5.11 Å². The number of hydrogen-bond acceptors (Lipinski definition) is 5. The average Bonchev–Trinajstić information content (AvgIpc) is 2.87. The van der Waals surface area contributed by atoms with E-state index in [2.05, 4.69) is 9.71 Å². The zero-order valence-electron chi connectivity index (χ0n) is 10.9. The largest absolute Gasteiger partial charge is 0.391 e. The molecular weight excluding hydrogens is 308 g/mol. The highest BCUT2D eigenvalue weighted by molar-refractivity contribution is 7.93. The number of rotatable bonds is 4. The first-order chi connectivity index (χ1) is 10.1. The second-order valence-electron chi connectivity index (χ2n) is 4.36. The van der Waals surface area contributed by atoms with E-state index in [-0.39, 0.29) is 11.5 Å². The molecule has 0 aliphatic carbocycles. The van der Waals surface area contributed by atoms with E-state index in [9.17, 15) is 13.5 Å². The number of pyridine rings is 1. The third kappa shape index (κ3) is 2.63. The van der Waals surface area contributed by atoms with Crippen molar-refractivity contribution in [2.45, 2.75) is 11.5 Å². The summed E-state index contributed by atoms with van der Waals surface area (Å²) in [5.74, 6) is 0. The Bertz CT molecular complexity index is 874. The first-order valence-electron chi connectivity index (χ1n) is 6.16. The second kappa shape index (κ2) is 5.44. The monoisotopic (exact) mass is 320 g/mol. The molecule has 3 aromatic rings. The Morgan fingerprint density at radius 1 is 1.19 bits per heavy atom. The summed E-state index contributed by atoms with van der Waals surface area (Å²) in [7, 11) is -3.78.